The zero-order valence-electron chi connectivity index (χ0n) is 17.8. The van der Waals surface area contributed by atoms with Crippen LogP contribution in [0.25, 0.3) is 0 Å². The summed E-state index contributed by atoms with van der Waals surface area (Å²) in [5.74, 6) is 1.09. The van der Waals surface area contributed by atoms with Gasteiger partial charge < -0.3 is 15.1 Å². The first-order valence-electron chi connectivity index (χ1n) is 10.7. The number of piperazine rings is 1. The summed E-state index contributed by atoms with van der Waals surface area (Å²) >= 11 is 13.7. The van der Waals surface area contributed by atoms with Gasteiger partial charge in [0.05, 0.1) is 5.75 Å². The monoisotopic (exact) mass is 481 g/mol. The molecule has 6 nitrogen and oxygen atoms in total. The van der Waals surface area contributed by atoms with Gasteiger partial charge in [-0.15, -0.1) is 0 Å². The minimum Gasteiger partial charge on any atom is -0.368 e. The van der Waals surface area contributed by atoms with Crippen molar-refractivity contribution >= 4 is 52.4 Å². The van der Waals surface area contributed by atoms with E-state index in [1.165, 1.54) is 24.6 Å². The number of nitrogens with zero attached hydrogens (tertiary/aromatic N) is 4. The van der Waals surface area contributed by atoms with Crippen LogP contribution in [0.2, 0.25) is 10.2 Å². The first kappa shape index (κ1) is 24.0. The fourth-order valence-corrected chi connectivity index (χ4v) is 4.53. The van der Waals surface area contributed by atoms with Crippen molar-refractivity contribution in [1.82, 2.24) is 15.3 Å². The van der Waals surface area contributed by atoms with Crippen LogP contribution in [-0.4, -0.2) is 54.4 Å². The van der Waals surface area contributed by atoms with Crippen LogP contribution < -0.4 is 15.1 Å². The van der Waals surface area contributed by atoms with Crippen molar-refractivity contribution in [3.05, 3.63) is 40.5 Å². The molecule has 0 saturated carbocycles. The molecule has 1 aromatic carbocycles. The van der Waals surface area contributed by atoms with Gasteiger partial charge in [-0.2, -0.15) is 0 Å². The molecule has 0 radical (unpaired) electrons. The zero-order valence-corrected chi connectivity index (χ0v) is 20.1. The Morgan fingerprint density at radius 2 is 1.84 bits per heavy atom. The Morgan fingerprint density at radius 3 is 2.58 bits per heavy atom. The van der Waals surface area contributed by atoms with E-state index in [0.717, 1.165) is 62.1 Å². The summed E-state index contributed by atoms with van der Waals surface area (Å²) in [6.45, 7) is 6.27. The van der Waals surface area contributed by atoms with E-state index < -0.39 is 0 Å². The topological polar surface area (TPSA) is 61.4 Å². The Hall–Kier alpha value is -1.70. The number of aromatic nitrogens is 2. The number of hydrogen-bond donors (Lipinski definition) is 1. The van der Waals surface area contributed by atoms with Crippen LogP contribution >= 0.6 is 35.0 Å². The van der Waals surface area contributed by atoms with E-state index >= 15 is 0 Å². The molecular weight excluding hydrogens is 453 g/mol. The highest BCUT2D eigenvalue weighted by Gasteiger charge is 2.20. The molecule has 1 saturated heterocycles. The Morgan fingerprint density at radius 1 is 1.06 bits per heavy atom. The van der Waals surface area contributed by atoms with Gasteiger partial charge in [0, 0.05) is 49.5 Å². The quantitative estimate of drug-likeness (QED) is 0.225. The lowest BCUT2D eigenvalue weighted by Crippen LogP contribution is -2.46. The number of halogens is 2. The summed E-state index contributed by atoms with van der Waals surface area (Å²) in [5, 5.41) is 4.62. The minimum atomic E-state index is 0.00163. The Balaban J connectivity index is 1.50. The predicted octanol–water partition coefficient (Wildman–Crippen LogP) is 4.90. The summed E-state index contributed by atoms with van der Waals surface area (Å²) in [7, 11) is 0. The van der Waals surface area contributed by atoms with E-state index in [1.54, 1.807) is 6.07 Å². The number of thioether (sulfide) groups is 1. The maximum absolute atomic E-state index is 12.1. The molecule has 31 heavy (non-hydrogen) atoms. The van der Waals surface area contributed by atoms with E-state index in [1.807, 2.05) is 18.2 Å². The Kier molecular flexibility index (Phi) is 9.55. The predicted molar refractivity (Wildman–Crippen MR) is 131 cm³/mol. The third-order valence-corrected chi connectivity index (χ3v) is 6.40. The van der Waals surface area contributed by atoms with Gasteiger partial charge >= 0.3 is 0 Å². The Bertz CT molecular complexity index is 862. The van der Waals surface area contributed by atoms with Gasteiger partial charge in [0.1, 0.15) is 11.0 Å². The second-order valence-corrected chi connectivity index (χ2v) is 9.25. The molecule has 2 aromatic rings. The molecule has 1 amide bonds. The van der Waals surface area contributed by atoms with Crippen molar-refractivity contribution in [3.63, 3.8) is 0 Å². The van der Waals surface area contributed by atoms with E-state index in [9.17, 15) is 4.79 Å². The largest absolute Gasteiger partial charge is 0.368 e. The number of unbranched alkanes of at least 4 members (excludes halogenated alkanes) is 3. The van der Waals surface area contributed by atoms with Crippen LogP contribution in [0.4, 0.5) is 11.5 Å². The van der Waals surface area contributed by atoms with Gasteiger partial charge in [-0.3, -0.25) is 4.79 Å². The molecule has 2 heterocycles. The molecule has 168 valence electrons. The summed E-state index contributed by atoms with van der Waals surface area (Å²) in [6.07, 6.45) is 4.56. The highest BCUT2D eigenvalue weighted by molar-refractivity contribution is 7.99. The number of carbonyl (C=O) groups is 1. The molecule has 0 atom stereocenters. The van der Waals surface area contributed by atoms with Crippen molar-refractivity contribution < 1.29 is 4.79 Å². The third-order valence-electron chi connectivity index (χ3n) is 5.12. The smallest absolute Gasteiger partial charge is 0.230 e. The second kappa shape index (κ2) is 12.4. The maximum atomic E-state index is 12.1. The molecule has 0 aliphatic carbocycles. The van der Waals surface area contributed by atoms with Crippen LogP contribution in [0.1, 0.15) is 32.6 Å². The van der Waals surface area contributed by atoms with Crippen LogP contribution in [-0.2, 0) is 4.79 Å². The maximum Gasteiger partial charge on any atom is 0.230 e. The number of anilines is 2. The number of hydrogen-bond acceptors (Lipinski definition) is 6. The van der Waals surface area contributed by atoms with Gasteiger partial charge in [-0.05, 0) is 24.6 Å². The fraction of sp³-hybridized carbons (Fsp3) is 0.500. The SMILES string of the molecule is CCCCCCNC(=O)CSc1nc(Cl)cc(N2CCN(c3cccc(Cl)c3)CC2)n1. The van der Waals surface area contributed by atoms with Crippen molar-refractivity contribution in [2.24, 2.45) is 0 Å². The average molecular weight is 482 g/mol. The standard InChI is InChI=1S/C22H29Cl2N5OS/c1-2-3-4-5-9-25-21(30)16-31-22-26-19(24)15-20(27-22)29-12-10-28(11-13-29)18-8-6-7-17(23)14-18/h6-8,14-15H,2-5,9-13,16H2,1H3,(H,25,30). The highest BCUT2D eigenvalue weighted by atomic mass is 35.5. The molecule has 9 heteroatoms. The lowest BCUT2D eigenvalue weighted by molar-refractivity contribution is -0.118. The number of benzene rings is 1. The molecule has 1 aliphatic heterocycles. The Labute approximate surface area is 198 Å². The molecule has 1 N–H and O–H groups in total. The number of amides is 1. The number of nitrogens with one attached hydrogen (secondary N) is 1. The van der Waals surface area contributed by atoms with Crippen LogP contribution in [0, 0.1) is 0 Å². The van der Waals surface area contributed by atoms with Gasteiger partial charge in [-0.1, -0.05) is 67.2 Å². The molecule has 1 aliphatic rings. The van der Waals surface area contributed by atoms with Crippen molar-refractivity contribution in [1.29, 1.82) is 0 Å². The number of carbonyl (C=O) groups excluding carboxylic acids is 1. The molecular formula is C22H29Cl2N5OS. The second-order valence-electron chi connectivity index (χ2n) is 7.48. The van der Waals surface area contributed by atoms with Crippen LogP contribution in [0.5, 0.6) is 0 Å². The lowest BCUT2D eigenvalue weighted by atomic mass is 10.2. The van der Waals surface area contributed by atoms with E-state index in [0.29, 0.717) is 10.3 Å². The van der Waals surface area contributed by atoms with Gasteiger partial charge in [-0.25, -0.2) is 9.97 Å². The van der Waals surface area contributed by atoms with Crippen LogP contribution in [0.3, 0.4) is 0 Å². The average Bonchev–Trinajstić information content (AvgIpc) is 2.77. The summed E-state index contributed by atoms with van der Waals surface area (Å²) in [4.78, 5) is 25.5. The minimum absolute atomic E-state index is 0.00163. The molecule has 0 spiro atoms. The first-order valence-corrected chi connectivity index (χ1v) is 12.5. The fourth-order valence-electron chi connectivity index (χ4n) is 3.44. The third kappa shape index (κ3) is 7.74. The zero-order chi connectivity index (χ0) is 22.1. The molecule has 0 unspecified atom stereocenters. The van der Waals surface area contributed by atoms with E-state index in [2.05, 4.69) is 38.1 Å². The molecule has 0 bridgehead atoms. The normalized spacial score (nSPS) is 14.0. The van der Waals surface area contributed by atoms with Crippen LogP contribution in [0.15, 0.2) is 35.5 Å². The molecule has 1 aromatic heterocycles. The first-order chi connectivity index (χ1) is 15.0. The summed E-state index contributed by atoms with van der Waals surface area (Å²) in [5.41, 5.74) is 1.13. The van der Waals surface area contributed by atoms with Gasteiger partial charge in [0.25, 0.3) is 0 Å². The van der Waals surface area contributed by atoms with Crippen molar-refractivity contribution in [2.45, 2.75) is 37.8 Å². The lowest BCUT2D eigenvalue weighted by Gasteiger charge is -2.36. The molecule has 3 rings (SSSR count). The van der Waals surface area contributed by atoms with E-state index in [-0.39, 0.29) is 11.7 Å². The summed E-state index contributed by atoms with van der Waals surface area (Å²) < 4.78 is 0. The van der Waals surface area contributed by atoms with E-state index in [4.69, 9.17) is 23.2 Å². The number of rotatable bonds is 10. The molecule has 1 fully saturated rings. The summed E-state index contributed by atoms with van der Waals surface area (Å²) in [6, 6.07) is 9.71. The van der Waals surface area contributed by atoms with Gasteiger partial charge in [0.15, 0.2) is 5.16 Å². The van der Waals surface area contributed by atoms with Gasteiger partial charge in [0.2, 0.25) is 5.91 Å². The highest BCUT2D eigenvalue weighted by Crippen LogP contribution is 2.25. The van der Waals surface area contributed by atoms with Crippen molar-refractivity contribution in [3.8, 4) is 0 Å². The van der Waals surface area contributed by atoms with Crippen molar-refractivity contribution in [2.75, 3.05) is 48.3 Å².